The smallest absolute Gasteiger partial charge is 0.308 e. The minimum Gasteiger partial charge on any atom is -0.308 e. The highest BCUT2D eigenvalue weighted by Gasteiger charge is 2.40. The fourth-order valence-electron chi connectivity index (χ4n) is 2.33. The molecule has 1 N–H and O–H groups in total. The van der Waals surface area contributed by atoms with Crippen molar-refractivity contribution < 1.29 is 26.4 Å². The quantitative estimate of drug-likeness (QED) is 0.641. The zero-order valence-electron chi connectivity index (χ0n) is 14.5. The van der Waals surface area contributed by atoms with Crippen LogP contribution in [0.25, 0.3) is 0 Å². The second-order valence-electron chi connectivity index (χ2n) is 5.26. The molecule has 0 spiro atoms. The van der Waals surface area contributed by atoms with Crippen molar-refractivity contribution in [2.75, 3.05) is 13.2 Å². The highest BCUT2D eigenvalue weighted by atomic mass is 32.2. The zero-order valence-corrected chi connectivity index (χ0v) is 16.2. The van der Waals surface area contributed by atoms with Gasteiger partial charge in [0.05, 0.1) is 18.1 Å². The molecular formula is C17H21FNO5PS. The first-order chi connectivity index (χ1) is 12.3. The van der Waals surface area contributed by atoms with Crippen molar-refractivity contribution >= 4 is 17.6 Å². The van der Waals surface area contributed by atoms with Crippen molar-refractivity contribution in [3.05, 3.63) is 66.0 Å². The van der Waals surface area contributed by atoms with Crippen molar-refractivity contribution in [3.63, 3.8) is 0 Å². The molecule has 2 aromatic carbocycles. The maximum Gasteiger partial charge on any atom is 0.352 e. The molecule has 2 rings (SSSR count). The first-order valence-corrected chi connectivity index (χ1v) is 11.1. The molecule has 26 heavy (non-hydrogen) atoms. The van der Waals surface area contributed by atoms with E-state index in [0.717, 1.165) is 24.3 Å². The Hall–Kier alpha value is -1.57. The van der Waals surface area contributed by atoms with E-state index in [2.05, 4.69) is 4.72 Å². The number of hydrogen-bond donors (Lipinski definition) is 1. The highest BCUT2D eigenvalue weighted by Crippen LogP contribution is 2.59. The van der Waals surface area contributed by atoms with Gasteiger partial charge in [0.25, 0.3) is 0 Å². The fraction of sp³-hybridized carbons (Fsp3) is 0.294. The molecule has 1 atom stereocenters. The summed E-state index contributed by atoms with van der Waals surface area (Å²) in [5.74, 6) is -1.79. The van der Waals surface area contributed by atoms with Gasteiger partial charge < -0.3 is 9.05 Å². The SMILES string of the molecule is CCOP(=O)(OCC)C(NS(=O)(=O)c1ccc(F)cc1)c1ccccc1. The van der Waals surface area contributed by atoms with Crippen LogP contribution in [-0.4, -0.2) is 21.6 Å². The summed E-state index contributed by atoms with van der Waals surface area (Å²) in [6.07, 6.45) is 0. The summed E-state index contributed by atoms with van der Waals surface area (Å²) in [6, 6.07) is 12.7. The summed E-state index contributed by atoms with van der Waals surface area (Å²) in [4.78, 5) is -0.153. The molecule has 0 saturated heterocycles. The van der Waals surface area contributed by atoms with E-state index in [-0.39, 0.29) is 18.1 Å². The molecule has 0 amide bonds. The second-order valence-corrected chi connectivity index (χ2v) is 9.09. The van der Waals surface area contributed by atoms with Crippen LogP contribution in [0, 0.1) is 5.82 Å². The van der Waals surface area contributed by atoms with Gasteiger partial charge in [0, 0.05) is 0 Å². The van der Waals surface area contributed by atoms with Gasteiger partial charge in [-0.25, -0.2) is 12.8 Å². The van der Waals surface area contributed by atoms with Crippen LogP contribution < -0.4 is 4.72 Å². The third kappa shape index (κ3) is 4.99. The lowest BCUT2D eigenvalue weighted by Gasteiger charge is -2.27. The molecule has 0 fully saturated rings. The molecule has 0 aromatic heterocycles. The van der Waals surface area contributed by atoms with E-state index in [0.29, 0.717) is 5.56 Å². The molecule has 0 saturated carbocycles. The molecule has 0 heterocycles. The van der Waals surface area contributed by atoms with Gasteiger partial charge in [0.2, 0.25) is 10.0 Å². The van der Waals surface area contributed by atoms with Gasteiger partial charge >= 0.3 is 7.60 Å². The minimum atomic E-state index is -4.09. The van der Waals surface area contributed by atoms with Crippen LogP contribution in [0.1, 0.15) is 25.2 Å². The van der Waals surface area contributed by atoms with Crippen LogP contribution in [0.15, 0.2) is 59.5 Å². The summed E-state index contributed by atoms with van der Waals surface area (Å²) >= 11 is 0. The first kappa shape index (κ1) is 20.7. The van der Waals surface area contributed by atoms with Crippen molar-refractivity contribution in [1.29, 1.82) is 0 Å². The maximum atomic E-state index is 13.2. The number of halogens is 1. The fourth-order valence-corrected chi connectivity index (χ4v) is 5.95. The molecule has 6 nitrogen and oxygen atoms in total. The average molecular weight is 401 g/mol. The molecule has 142 valence electrons. The molecule has 1 unspecified atom stereocenters. The number of hydrogen-bond acceptors (Lipinski definition) is 5. The van der Waals surface area contributed by atoms with E-state index in [1.165, 1.54) is 0 Å². The second kappa shape index (κ2) is 8.88. The van der Waals surface area contributed by atoms with E-state index in [9.17, 15) is 17.4 Å². The number of rotatable bonds is 9. The standard InChI is InChI=1S/C17H21FNO5PS/c1-3-23-25(20,24-4-2)17(14-8-6-5-7-9-14)19-26(21,22)16-12-10-15(18)11-13-16/h5-13,17,19H,3-4H2,1-2H3. The number of nitrogens with one attached hydrogen (secondary N) is 1. The van der Waals surface area contributed by atoms with Crippen molar-refractivity contribution in [2.45, 2.75) is 24.5 Å². The van der Waals surface area contributed by atoms with Crippen LogP contribution >= 0.6 is 7.60 Å². The zero-order chi connectivity index (χ0) is 19.2. The van der Waals surface area contributed by atoms with Crippen LogP contribution in [0.3, 0.4) is 0 Å². The summed E-state index contributed by atoms with van der Waals surface area (Å²) in [6.45, 7) is 3.45. The molecule has 9 heteroatoms. The van der Waals surface area contributed by atoms with Gasteiger partial charge in [-0.2, -0.15) is 4.72 Å². The topological polar surface area (TPSA) is 81.7 Å². The van der Waals surface area contributed by atoms with E-state index < -0.39 is 29.2 Å². The first-order valence-electron chi connectivity index (χ1n) is 8.04. The molecule has 0 aliphatic heterocycles. The Morgan fingerprint density at radius 2 is 1.54 bits per heavy atom. The van der Waals surface area contributed by atoms with Crippen LogP contribution in [0.4, 0.5) is 4.39 Å². The van der Waals surface area contributed by atoms with Gasteiger partial charge in [-0.15, -0.1) is 0 Å². The third-order valence-corrected chi connectivity index (χ3v) is 7.35. The average Bonchev–Trinajstić information content (AvgIpc) is 2.61. The monoisotopic (exact) mass is 401 g/mol. The highest BCUT2D eigenvalue weighted by molar-refractivity contribution is 7.89. The molecule has 2 aromatic rings. The Bertz CT molecular complexity index is 848. The Balaban J connectivity index is 2.47. The van der Waals surface area contributed by atoms with Crippen molar-refractivity contribution in [2.24, 2.45) is 0 Å². The van der Waals surface area contributed by atoms with Crippen LogP contribution in [0.5, 0.6) is 0 Å². The van der Waals surface area contributed by atoms with E-state index in [1.807, 2.05) is 0 Å². The lowest BCUT2D eigenvalue weighted by molar-refractivity contribution is 0.210. The molecule has 0 radical (unpaired) electrons. The number of benzene rings is 2. The molecule has 0 aliphatic carbocycles. The van der Waals surface area contributed by atoms with E-state index in [1.54, 1.807) is 44.2 Å². The molecule has 0 bridgehead atoms. The lowest BCUT2D eigenvalue weighted by atomic mass is 10.2. The molecule has 0 aliphatic rings. The van der Waals surface area contributed by atoms with E-state index >= 15 is 0 Å². The van der Waals surface area contributed by atoms with E-state index in [4.69, 9.17) is 9.05 Å². The summed E-state index contributed by atoms with van der Waals surface area (Å²) in [7, 11) is -7.94. The Labute approximate surface area is 152 Å². The van der Waals surface area contributed by atoms with Gasteiger partial charge in [0.15, 0.2) is 0 Å². The lowest BCUT2D eigenvalue weighted by Crippen LogP contribution is -2.30. The minimum absolute atomic E-state index is 0.0822. The predicted octanol–water partition coefficient (Wildman–Crippen LogP) is 4.07. The van der Waals surface area contributed by atoms with Crippen LogP contribution in [-0.2, 0) is 23.6 Å². The molecular weight excluding hydrogens is 380 g/mol. The third-order valence-electron chi connectivity index (χ3n) is 3.44. The number of sulfonamides is 1. The van der Waals surface area contributed by atoms with Gasteiger partial charge in [-0.3, -0.25) is 4.57 Å². The normalized spacial score (nSPS) is 13.5. The Kier molecular flexibility index (Phi) is 7.08. The van der Waals surface area contributed by atoms with Crippen LogP contribution in [0.2, 0.25) is 0 Å². The Morgan fingerprint density at radius 3 is 2.04 bits per heavy atom. The largest absolute Gasteiger partial charge is 0.352 e. The predicted molar refractivity (Wildman–Crippen MR) is 96.8 cm³/mol. The van der Waals surface area contributed by atoms with Crippen molar-refractivity contribution in [1.82, 2.24) is 4.72 Å². The summed E-state index contributed by atoms with van der Waals surface area (Å²) < 4.78 is 64.8. The van der Waals surface area contributed by atoms with Crippen molar-refractivity contribution in [3.8, 4) is 0 Å². The summed E-state index contributed by atoms with van der Waals surface area (Å²) in [5, 5.41) is 0. The van der Waals surface area contributed by atoms with Gasteiger partial charge in [-0.1, -0.05) is 30.3 Å². The summed E-state index contributed by atoms with van der Waals surface area (Å²) in [5.41, 5.74) is 0.434. The Morgan fingerprint density at radius 1 is 1.00 bits per heavy atom. The van der Waals surface area contributed by atoms with Gasteiger partial charge in [-0.05, 0) is 43.7 Å². The van der Waals surface area contributed by atoms with Gasteiger partial charge in [0.1, 0.15) is 11.6 Å². The maximum absolute atomic E-state index is 13.2.